The summed E-state index contributed by atoms with van der Waals surface area (Å²) >= 11 is 0. The molecule has 174 valence electrons. The Bertz CT molecular complexity index is 1100. The molecule has 0 fully saturated rings. The van der Waals surface area contributed by atoms with Gasteiger partial charge >= 0.3 is 7.82 Å². The molecule has 3 aromatic rings. The number of ether oxygens (including phenoxy) is 3. The van der Waals surface area contributed by atoms with Gasteiger partial charge in [0.1, 0.15) is 34.3 Å². The highest BCUT2D eigenvalue weighted by atomic mass is 31.2. The lowest BCUT2D eigenvalue weighted by molar-refractivity contribution is 0.0976. The second-order valence-electron chi connectivity index (χ2n) is 6.94. The lowest BCUT2D eigenvalue weighted by Gasteiger charge is -2.15. The predicted octanol–water partition coefficient (Wildman–Crippen LogP) is 5.09. The summed E-state index contributed by atoms with van der Waals surface area (Å²) in [7, 11) is 0.135. The maximum absolute atomic E-state index is 12.9. The molecule has 0 radical (unpaired) electrons. The van der Waals surface area contributed by atoms with Crippen LogP contribution >= 0.6 is 7.82 Å². The zero-order valence-electron chi connectivity index (χ0n) is 18.5. The Kier molecular flexibility index (Phi) is 7.98. The largest absolute Gasteiger partial charge is 0.584 e. The van der Waals surface area contributed by atoms with Gasteiger partial charge in [-0.05, 0) is 36.2 Å². The highest BCUT2D eigenvalue weighted by Gasteiger charge is 2.25. The van der Waals surface area contributed by atoms with E-state index in [1.807, 2.05) is 0 Å². The van der Waals surface area contributed by atoms with E-state index in [-0.39, 0.29) is 23.7 Å². The summed E-state index contributed by atoms with van der Waals surface area (Å²) in [6.07, 6.45) is 0.642. The van der Waals surface area contributed by atoms with Gasteiger partial charge in [-0.3, -0.25) is 9.69 Å². The summed E-state index contributed by atoms with van der Waals surface area (Å²) in [5.74, 6) is 1.51. The molecule has 3 aromatic carbocycles. The minimum Gasteiger partial charge on any atom is -0.496 e. The molecular formula is C24H25O8P. The zero-order chi connectivity index (χ0) is 23.8. The maximum atomic E-state index is 12.9. The van der Waals surface area contributed by atoms with Crippen molar-refractivity contribution in [3.63, 3.8) is 0 Å². The number of rotatable bonds is 11. The molecule has 0 amide bonds. The number of aryl methyl sites for hydroxylation is 1. The quantitative estimate of drug-likeness (QED) is 0.304. The molecule has 1 N–H and O–H groups in total. The third-order valence-electron chi connectivity index (χ3n) is 4.74. The van der Waals surface area contributed by atoms with Gasteiger partial charge in [-0.15, -0.1) is 0 Å². The molecular weight excluding hydrogens is 447 g/mol. The van der Waals surface area contributed by atoms with Crippen LogP contribution in [0.5, 0.6) is 28.7 Å². The number of hydrogen-bond donors (Lipinski definition) is 1. The van der Waals surface area contributed by atoms with Crippen LogP contribution in [0.4, 0.5) is 0 Å². The second kappa shape index (κ2) is 10.9. The van der Waals surface area contributed by atoms with Gasteiger partial charge in [0.15, 0.2) is 5.78 Å². The van der Waals surface area contributed by atoms with Gasteiger partial charge in [-0.2, -0.15) is 0 Å². The first kappa shape index (κ1) is 24.2. The van der Waals surface area contributed by atoms with Gasteiger partial charge < -0.3 is 23.3 Å². The minimum atomic E-state index is -4.34. The zero-order valence-corrected chi connectivity index (χ0v) is 19.4. The average Bonchev–Trinajstić information content (AvgIpc) is 2.82. The Morgan fingerprint density at radius 3 is 1.85 bits per heavy atom. The Morgan fingerprint density at radius 1 is 0.788 bits per heavy atom. The van der Waals surface area contributed by atoms with Crippen LogP contribution in [0.2, 0.25) is 0 Å². The highest BCUT2D eigenvalue weighted by Crippen LogP contribution is 2.44. The fourth-order valence-corrected chi connectivity index (χ4v) is 3.96. The molecule has 9 heteroatoms. The van der Waals surface area contributed by atoms with Crippen LogP contribution < -0.4 is 23.3 Å². The SMILES string of the molecule is COc1cc(OC)c(C(=O)CCc2ccc(OP(=O)(O)Oc3ccccc3)cc2)c(OC)c1. The summed E-state index contributed by atoms with van der Waals surface area (Å²) in [6, 6.07) is 18.0. The van der Waals surface area contributed by atoms with Gasteiger partial charge in [0, 0.05) is 18.6 Å². The standard InChI is InChI=1S/C24H25O8P/c1-28-20-15-22(29-2)24(23(16-20)30-3)21(25)14-11-17-9-12-19(13-10-17)32-33(26,27)31-18-7-5-4-6-8-18/h4-10,12-13,15-16H,11,14H2,1-3H3,(H,26,27). The molecule has 0 bridgehead atoms. The van der Waals surface area contributed by atoms with Gasteiger partial charge in [-0.25, -0.2) is 4.57 Å². The molecule has 0 saturated carbocycles. The molecule has 0 heterocycles. The van der Waals surface area contributed by atoms with E-state index < -0.39 is 7.82 Å². The molecule has 1 unspecified atom stereocenters. The van der Waals surface area contributed by atoms with Crippen molar-refractivity contribution in [3.05, 3.63) is 77.9 Å². The normalized spacial score (nSPS) is 12.4. The monoisotopic (exact) mass is 472 g/mol. The molecule has 8 nitrogen and oxygen atoms in total. The maximum Gasteiger partial charge on any atom is 0.584 e. The van der Waals surface area contributed by atoms with Crippen molar-refractivity contribution >= 4 is 13.6 Å². The van der Waals surface area contributed by atoms with Crippen molar-refractivity contribution in [2.75, 3.05) is 21.3 Å². The third kappa shape index (κ3) is 6.51. The van der Waals surface area contributed by atoms with E-state index in [9.17, 15) is 14.3 Å². The van der Waals surface area contributed by atoms with Crippen LogP contribution in [-0.4, -0.2) is 32.0 Å². The summed E-state index contributed by atoms with van der Waals surface area (Å²) in [4.78, 5) is 22.9. The lowest BCUT2D eigenvalue weighted by atomic mass is 10.0. The number of benzene rings is 3. The number of carbonyl (C=O) groups is 1. The number of phosphoric acid groups is 1. The van der Waals surface area contributed by atoms with Crippen LogP contribution in [0.25, 0.3) is 0 Å². The minimum absolute atomic E-state index is 0.150. The number of ketones is 1. The van der Waals surface area contributed by atoms with Crippen molar-refractivity contribution in [2.45, 2.75) is 12.8 Å². The van der Waals surface area contributed by atoms with Crippen LogP contribution in [-0.2, 0) is 11.0 Å². The van der Waals surface area contributed by atoms with Gasteiger partial charge in [-0.1, -0.05) is 30.3 Å². The first-order chi connectivity index (χ1) is 15.8. The van der Waals surface area contributed by atoms with E-state index in [0.717, 1.165) is 5.56 Å². The summed E-state index contributed by atoms with van der Waals surface area (Å²) in [6.45, 7) is 0. The highest BCUT2D eigenvalue weighted by molar-refractivity contribution is 7.48. The summed E-state index contributed by atoms with van der Waals surface area (Å²) in [5, 5.41) is 0. The first-order valence-electron chi connectivity index (χ1n) is 10.0. The third-order valence-corrected chi connectivity index (χ3v) is 5.63. The van der Waals surface area contributed by atoms with Gasteiger partial charge in [0.2, 0.25) is 0 Å². The average molecular weight is 472 g/mol. The van der Waals surface area contributed by atoms with Crippen LogP contribution in [0.3, 0.4) is 0 Å². The van der Waals surface area contributed by atoms with Crippen LogP contribution in [0.15, 0.2) is 66.7 Å². The van der Waals surface area contributed by atoms with E-state index in [0.29, 0.717) is 29.2 Å². The molecule has 0 aliphatic heterocycles. The number of phosphoric ester groups is 1. The Hall–Kier alpha value is -3.48. The number of carbonyl (C=O) groups excluding carboxylic acids is 1. The molecule has 33 heavy (non-hydrogen) atoms. The van der Waals surface area contributed by atoms with Crippen molar-refractivity contribution < 1.29 is 37.5 Å². The Morgan fingerprint density at radius 2 is 1.33 bits per heavy atom. The number of hydrogen-bond acceptors (Lipinski definition) is 7. The molecule has 0 aliphatic carbocycles. The number of Topliss-reactive ketones (excluding diaryl/α,β-unsaturated/α-hetero) is 1. The van der Waals surface area contributed by atoms with Crippen LogP contribution in [0, 0.1) is 0 Å². The summed E-state index contributed by atoms with van der Waals surface area (Å²) in [5.41, 5.74) is 1.19. The predicted molar refractivity (Wildman–Crippen MR) is 123 cm³/mol. The van der Waals surface area contributed by atoms with E-state index in [1.54, 1.807) is 66.7 Å². The molecule has 0 spiro atoms. The molecule has 0 saturated heterocycles. The van der Waals surface area contributed by atoms with E-state index >= 15 is 0 Å². The summed E-state index contributed by atoms with van der Waals surface area (Å²) < 4.78 is 38.3. The van der Waals surface area contributed by atoms with Crippen LogP contribution in [0.1, 0.15) is 22.3 Å². The van der Waals surface area contributed by atoms with Crippen molar-refractivity contribution in [2.24, 2.45) is 0 Å². The van der Waals surface area contributed by atoms with Crippen molar-refractivity contribution in [1.82, 2.24) is 0 Å². The van der Waals surface area contributed by atoms with E-state index in [2.05, 4.69) is 0 Å². The van der Waals surface area contributed by atoms with E-state index in [4.69, 9.17) is 23.3 Å². The molecule has 0 aromatic heterocycles. The fraction of sp³-hybridized carbons (Fsp3) is 0.208. The fourth-order valence-electron chi connectivity index (χ4n) is 3.15. The Labute approximate surface area is 192 Å². The Balaban J connectivity index is 1.64. The molecule has 0 aliphatic rings. The second-order valence-corrected chi connectivity index (χ2v) is 8.24. The smallest absolute Gasteiger partial charge is 0.496 e. The van der Waals surface area contributed by atoms with E-state index in [1.165, 1.54) is 21.3 Å². The topological polar surface area (TPSA) is 101 Å². The van der Waals surface area contributed by atoms with Crippen molar-refractivity contribution in [1.29, 1.82) is 0 Å². The lowest BCUT2D eigenvalue weighted by Crippen LogP contribution is -2.07. The first-order valence-corrected chi connectivity index (χ1v) is 11.5. The van der Waals surface area contributed by atoms with Crippen molar-refractivity contribution in [3.8, 4) is 28.7 Å². The van der Waals surface area contributed by atoms with Gasteiger partial charge in [0.25, 0.3) is 0 Å². The number of para-hydroxylation sites is 1. The molecule has 3 rings (SSSR count). The van der Waals surface area contributed by atoms with Gasteiger partial charge in [0.05, 0.1) is 21.3 Å². The number of methoxy groups -OCH3 is 3. The molecule has 1 atom stereocenters.